The number of aromatic nitrogens is 2. The summed E-state index contributed by atoms with van der Waals surface area (Å²) in [6.45, 7) is 0. The number of aromatic amines is 1. The van der Waals surface area contributed by atoms with Crippen molar-refractivity contribution in [2.24, 2.45) is 0 Å². The fraction of sp³-hybridized carbons (Fsp3) is 0.235. The third-order valence-corrected chi connectivity index (χ3v) is 4.64. The zero-order valence-corrected chi connectivity index (χ0v) is 15.3. The molecule has 0 bridgehead atoms. The van der Waals surface area contributed by atoms with Gasteiger partial charge in [-0.1, -0.05) is 11.6 Å². The summed E-state index contributed by atoms with van der Waals surface area (Å²) in [6.07, 6.45) is 0.346. The average molecular weight is 377 g/mol. The summed E-state index contributed by atoms with van der Waals surface area (Å²) in [6, 6.07) is 6.38. The lowest BCUT2D eigenvalue weighted by Crippen LogP contribution is -2.47. The monoisotopic (exact) mass is 376 g/mol. The van der Waals surface area contributed by atoms with Gasteiger partial charge in [-0.05, 0) is 24.3 Å². The SMILES string of the molecule is CN(C)C(=O)[C@H](Cc1cscn1)NC(=O)c1cc2cc(Cl)ccc2[nH]1. The second-order valence-corrected chi connectivity index (χ2v) is 7.01. The van der Waals surface area contributed by atoms with Crippen molar-refractivity contribution in [1.82, 2.24) is 20.2 Å². The van der Waals surface area contributed by atoms with Crippen molar-refractivity contribution < 1.29 is 9.59 Å². The Balaban J connectivity index is 1.81. The number of halogens is 1. The van der Waals surface area contributed by atoms with Gasteiger partial charge in [0.05, 0.1) is 11.2 Å². The molecule has 2 amide bonds. The number of carbonyl (C=O) groups excluding carboxylic acids is 2. The molecule has 2 aromatic heterocycles. The number of nitrogens with one attached hydrogen (secondary N) is 2. The molecule has 25 heavy (non-hydrogen) atoms. The van der Waals surface area contributed by atoms with Gasteiger partial charge in [-0.25, -0.2) is 4.98 Å². The third-order valence-electron chi connectivity index (χ3n) is 3.77. The van der Waals surface area contributed by atoms with E-state index in [1.165, 1.54) is 16.2 Å². The second kappa shape index (κ2) is 7.25. The van der Waals surface area contributed by atoms with E-state index in [-0.39, 0.29) is 11.8 Å². The highest BCUT2D eigenvalue weighted by molar-refractivity contribution is 7.07. The Morgan fingerprint density at radius 1 is 1.36 bits per heavy atom. The minimum absolute atomic E-state index is 0.180. The van der Waals surface area contributed by atoms with Crippen molar-refractivity contribution in [3.05, 3.63) is 51.6 Å². The van der Waals surface area contributed by atoms with Crippen LogP contribution in [0.4, 0.5) is 0 Å². The van der Waals surface area contributed by atoms with E-state index in [9.17, 15) is 9.59 Å². The summed E-state index contributed by atoms with van der Waals surface area (Å²) >= 11 is 7.43. The molecule has 0 aliphatic rings. The predicted octanol–water partition coefficient (Wildman–Crippen LogP) is 2.71. The Morgan fingerprint density at radius 3 is 2.84 bits per heavy atom. The lowest BCUT2D eigenvalue weighted by molar-refractivity contribution is -0.130. The number of thiazole rings is 1. The fourth-order valence-electron chi connectivity index (χ4n) is 2.52. The number of hydrogen-bond acceptors (Lipinski definition) is 4. The van der Waals surface area contributed by atoms with Crippen LogP contribution in [0.1, 0.15) is 16.2 Å². The molecular formula is C17H17ClN4O2S. The van der Waals surface area contributed by atoms with Crippen molar-refractivity contribution in [2.45, 2.75) is 12.5 Å². The molecule has 2 heterocycles. The molecule has 2 N–H and O–H groups in total. The zero-order valence-electron chi connectivity index (χ0n) is 13.7. The Hall–Kier alpha value is -2.38. The van der Waals surface area contributed by atoms with Gasteiger partial charge in [-0.3, -0.25) is 9.59 Å². The maximum absolute atomic E-state index is 12.6. The van der Waals surface area contributed by atoms with E-state index in [4.69, 9.17) is 11.6 Å². The van der Waals surface area contributed by atoms with Crippen molar-refractivity contribution >= 4 is 45.7 Å². The number of rotatable bonds is 5. The van der Waals surface area contributed by atoms with Crippen LogP contribution in [0.3, 0.4) is 0 Å². The molecule has 1 atom stereocenters. The van der Waals surface area contributed by atoms with E-state index in [0.29, 0.717) is 17.1 Å². The summed E-state index contributed by atoms with van der Waals surface area (Å²) < 4.78 is 0. The molecule has 0 aliphatic heterocycles. The lowest BCUT2D eigenvalue weighted by Gasteiger charge is -2.20. The number of fused-ring (bicyclic) bond motifs is 1. The number of H-pyrrole nitrogens is 1. The van der Waals surface area contributed by atoms with Gasteiger partial charge in [0.25, 0.3) is 5.91 Å². The molecule has 0 spiro atoms. The smallest absolute Gasteiger partial charge is 0.268 e. The summed E-state index contributed by atoms with van der Waals surface area (Å²) in [5, 5.41) is 6.11. The van der Waals surface area contributed by atoms with Gasteiger partial charge in [0.1, 0.15) is 11.7 Å². The van der Waals surface area contributed by atoms with Crippen LogP contribution in [0.15, 0.2) is 35.2 Å². The molecular weight excluding hydrogens is 360 g/mol. The van der Waals surface area contributed by atoms with Crippen LogP contribution in [0.2, 0.25) is 5.02 Å². The molecule has 130 valence electrons. The predicted molar refractivity (Wildman–Crippen MR) is 99.1 cm³/mol. The molecule has 0 fully saturated rings. The standard InChI is InChI=1S/C17H17ClN4O2S/c1-22(2)17(24)15(7-12-8-25-9-19-12)21-16(23)14-6-10-5-11(18)3-4-13(10)20-14/h3-6,8-9,15,20H,7H2,1-2H3,(H,21,23)/t15-/m0/s1. The number of likely N-dealkylation sites (N-methyl/N-ethyl adjacent to an activating group) is 1. The van der Waals surface area contributed by atoms with Crippen molar-refractivity contribution in [3.63, 3.8) is 0 Å². The Bertz CT molecular complexity index is 905. The lowest BCUT2D eigenvalue weighted by atomic mass is 10.1. The highest BCUT2D eigenvalue weighted by Crippen LogP contribution is 2.20. The zero-order chi connectivity index (χ0) is 18.0. The summed E-state index contributed by atoms with van der Waals surface area (Å²) in [5.41, 5.74) is 3.67. The molecule has 0 saturated heterocycles. The Morgan fingerprint density at radius 2 is 2.16 bits per heavy atom. The van der Waals surface area contributed by atoms with E-state index < -0.39 is 6.04 Å². The Kier molecular flexibility index (Phi) is 5.06. The Labute approximate surface area is 153 Å². The maximum atomic E-state index is 12.6. The van der Waals surface area contributed by atoms with Crippen LogP contribution < -0.4 is 5.32 Å². The number of carbonyl (C=O) groups is 2. The maximum Gasteiger partial charge on any atom is 0.268 e. The van der Waals surface area contributed by atoms with E-state index in [0.717, 1.165) is 16.6 Å². The van der Waals surface area contributed by atoms with Crippen LogP contribution in [0, 0.1) is 0 Å². The largest absolute Gasteiger partial charge is 0.351 e. The van der Waals surface area contributed by atoms with Crippen LogP contribution >= 0.6 is 22.9 Å². The van der Waals surface area contributed by atoms with Gasteiger partial charge < -0.3 is 15.2 Å². The van der Waals surface area contributed by atoms with Gasteiger partial charge >= 0.3 is 0 Å². The second-order valence-electron chi connectivity index (χ2n) is 5.86. The molecule has 0 radical (unpaired) electrons. The fourth-order valence-corrected chi connectivity index (χ4v) is 3.27. The minimum Gasteiger partial charge on any atom is -0.351 e. The number of benzene rings is 1. The number of nitrogens with zero attached hydrogens (tertiary/aromatic N) is 2. The van der Waals surface area contributed by atoms with Gasteiger partial charge in [0.15, 0.2) is 0 Å². The van der Waals surface area contributed by atoms with Crippen LogP contribution in [0.25, 0.3) is 10.9 Å². The minimum atomic E-state index is -0.681. The first-order valence-corrected chi connectivity index (χ1v) is 8.93. The van der Waals surface area contributed by atoms with Crippen LogP contribution in [-0.4, -0.2) is 46.8 Å². The molecule has 6 nitrogen and oxygen atoms in total. The molecule has 0 saturated carbocycles. The van der Waals surface area contributed by atoms with E-state index in [1.54, 1.807) is 37.8 Å². The van der Waals surface area contributed by atoms with E-state index in [1.807, 2.05) is 11.4 Å². The van der Waals surface area contributed by atoms with E-state index in [2.05, 4.69) is 15.3 Å². The van der Waals surface area contributed by atoms with Crippen molar-refractivity contribution in [1.29, 1.82) is 0 Å². The summed E-state index contributed by atoms with van der Waals surface area (Å²) in [4.78, 5) is 33.7. The first kappa shape index (κ1) is 17.4. The third kappa shape index (κ3) is 4.00. The highest BCUT2D eigenvalue weighted by Gasteiger charge is 2.24. The molecule has 3 rings (SSSR count). The summed E-state index contributed by atoms with van der Waals surface area (Å²) in [5.74, 6) is -0.525. The molecule has 0 unspecified atom stereocenters. The van der Waals surface area contributed by atoms with Crippen LogP contribution in [-0.2, 0) is 11.2 Å². The molecule has 3 aromatic rings. The average Bonchev–Trinajstić information content (AvgIpc) is 3.22. The molecule has 0 aliphatic carbocycles. The van der Waals surface area contributed by atoms with Gasteiger partial charge in [-0.2, -0.15) is 0 Å². The summed E-state index contributed by atoms with van der Waals surface area (Å²) in [7, 11) is 3.32. The first-order valence-electron chi connectivity index (χ1n) is 7.61. The topological polar surface area (TPSA) is 78.1 Å². The quantitative estimate of drug-likeness (QED) is 0.718. The van der Waals surface area contributed by atoms with E-state index >= 15 is 0 Å². The van der Waals surface area contributed by atoms with Gasteiger partial charge in [-0.15, -0.1) is 11.3 Å². The number of hydrogen-bond donors (Lipinski definition) is 2. The van der Waals surface area contributed by atoms with Crippen molar-refractivity contribution in [2.75, 3.05) is 14.1 Å². The normalized spacial score (nSPS) is 12.1. The molecule has 8 heteroatoms. The first-order chi connectivity index (χ1) is 11.9. The van der Waals surface area contributed by atoms with Gasteiger partial charge in [0.2, 0.25) is 5.91 Å². The molecule has 1 aromatic carbocycles. The van der Waals surface area contributed by atoms with Crippen molar-refractivity contribution in [3.8, 4) is 0 Å². The number of amides is 2. The van der Waals surface area contributed by atoms with Crippen LogP contribution in [0.5, 0.6) is 0 Å². The van der Waals surface area contributed by atoms with Gasteiger partial charge in [0, 0.05) is 41.8 Å². The highest BCUT2D eigenvalue weighted by atomic mass is 35.5.